The lowest BCUT2D eigenvalue weighted by atomic mass is 9.98. The van der Waals surface area contributed by atoms with Crippen molar-refractivity contribution in [3.8, 4) is 0 Å². The molecule has 1 fully saturated rings. The van der Waals surface area contributed by atoms with Gasteiger partial charge in [-0.05, 0) is 69.0 Å². The number of piperidine rings is 1. The predicted octanol–water partition coefficient (Wildman–Crippen LogP) is 3.66. The number of carbonyl (C=O) groups is 2. The van der Waals surface area contributed by atoms with Crippen LogP contribution in [0, 0.1) is 25.6 Å². The number of ether oxygens (including phenoxy) is 1. The number of anilines is 1. The molecule has 3 rings (SSSR count). The number of hydrogen-bond donors (Lipinski definition) is 1. The van der Waals surface area contributed by atoms with Crippen molar-refractivity contribution in [3.63, 3.8) is 0 Å². The van der Waals surface area contributed by atoms with Gasteiger partial charge in [0.1, 0.15) is 5.82 Å². The summed E-state index contributed by atoms with van der Waals surface area (Å²) in [6, 6.07) is 8.56. The van der Waals surface area contributed by atoms with Crippen LogP contribution < -0.4 is 5.32 Å². The summed E-state index contributed by atoms with van der Waals surface area (Å²) >= 11 is 0. The van der Waals surface area contributed by atoms with Crippen LogP contribution in [0.15, 0.2) is 41.3 Å². The molecular weight excluding hydrogens is 435 g/mol. The highest BCUT2D eigenvalue weighted by atomic mass is 32.2. The second-order valence-corrected chi connectivity index (χ2v) is 9.71. The van der Waals surface area contributed by atoms with E-state index < -0.39 is 21.7 Å². The average molecular weight is 463 g/mol. The Bertz CT molecular complexity index is 1130. The van der Waals surface area contributed by atoms with E-state index in [0.717, 1.165) is 29.3 Å². The normalized spacial score (nSPS) is 15.4. The second-order valence-electron chi connectivity index (χ2n) is 7.77. The Morgan fingerprint density at radius 1 is 1.16 bits per heavy atom. The standard InChI is InChI=1S/C23H27FN2O5S/c1-4-31-23(28)17-10-12-26(13-11-17)32(29,30)18-8-9-20(24)19(14-18)22(27)25-21-7-5-6-15(2)16(21)3/h5-9,14,17H,4,10-13H2,1-3H3,(H,25,27). The number of esters is 1. The van der Waals surface area contributed by atoms with Crippen LogP contribution in [0.3, 0.4) is 0 Å². The van der Waals surface area contributed by atoms with E-state index in [9.17, 15) is 22.4 Å². The number of hydrogen-bond acceptors (Lipinski definition) is 5. The van der Waals surface area contributed by atoms with Crippen molar-refractivity contribution in [3.05, 3.63) is 58.9 Å². The van der Waals surface area contributed by atoms with Crippen molar-refractivity contribution in [2.75, 3.05) is 25.0 Å². The molecule has 2 aromatic rings. The molecule has 0 saturated carbocycles. The number of nitrogens with zero attached hydrogens (tertiary/aromatic N) is 1. The molecule has 0 atom stereocenters. The van der Waals surface area contributed by atoms with Gasteiger partial charge < -0.3 is 10.1 Å². The smallest absolute Gasteiger partial charge is 0.309 e. The third kappa shape index (κ3) is 4.99. The third-order valence-corrected chi connectivity index (χ3v) is 7.64. The molecule has 1 aliphatic rings. The van der Waals surface area contributed by atoms with Gasteiger partial charge in [-0.3, -0.25) is 9.59 Å². The lowest BCUT2D eigenvalue weighted by molar-refractivity contribution is -0.149. The molecule has 0 aliphatic carbocycles. The molecule has 1 N–H and O–H groups in total. The van der Waals surface area contributed by atoms with E-state index in [1.54, 1.807) is 19.1 Å². The number of rotatable bonds is 6. The predicted molar refractivity (Wildman–Crippen MR) is 118 cm³/mol. The van der Waals surface area contributed by atoms with Gasteiger partial charge in [-0.15, -0.1) is 0 Å². The fourth-order valence-electron chi connectivity index (χ4n) is 3.66. The minimum Gasteiger partial charge on any atom is -0.466 e. The van der Waals surface area contributed by atoms with Gasteiger partial charge in [0.15, 0.2) is 0 Å². The van der Waals surface area contributed by atoms with Crippen molar-refractivity contribution < 1.29 is 27.1 Å². The first-order valence-corrected chi connectivity index (χ1v) is 11.9. The van der Waals surface area contributed by atoms with Crippen LogP contribution in [0.25, 0.3) is 0 Å². The van der Waals surface area contributed by atoms with Crippen molar-refractivity contribution >= 4 is 27.6 Å². The average Bonchev–Trinajstić information content (AvgIpc) is 2.77. The molecule has 172 valence electrons. The summed E-state index contributed by atoms with van der Waals surface area (Å²) in [5.41, 5.74) is 1.98. The zero-order valence-electron chi connectivity index (χ0n) is 18.4. The number of amides is 1. The van der Waals surface area contributed by atoms with Gasteiger partial charge in [0.05, 0.1) is 23.0 Å². The van der Waals surface area contributed by atoms with Crippen molar-refractivity contribution in [1.82, 2.24) is 4.31 Å². The number of benzene rings is 2. The van der Waals surface area contributed by atoms with E-state index in [2.05, 4.69) is 5.32 Å². The molecule has 1 aliphatic heterocycles. The highest BCUT2D eigenvalue weighted by Crippen LogP contribution is 2.26. The molecule has 1 saturated heterocycles. The van der Waals surface area contributed by atoms with Gasteiger partial charge in [-0.25, -0.2) is 12.8 Å². The van der Waals surface area contributed by atoms with Crippen LogP contribution in [-0.2, 0) is 19.6 Å². The Balaban J connectivity index is 1.79. The Hall–Kier alpha value is -2.78. The zero-order chi connectivity index (χ0) is 23.5. The molecule has 7 nitrogen and oxygen atoms in total. The minimum atomic E-state index is -3.95. The summed E-state index contributed by atoms with van der Waals surface area (Å²) in [4.78, 5) is 24.5. The summed E-state index contributed by atoms with van der Waals surface area (Å²) < 4.78 is 46.9. The van der Waals surface area contributed by atoms with Crippen LogP contribution in [0.4, 0.5) is 10.1 Å². The van der Waals surface area contributed by atoms with Gasteiger partial charge in [0, 0.05) is 18.8 Å². The number of halogens is 1. The fraction of sp³-hybridized carbons (Fsp3) is 0.391. The first kappa shape index (κ1) is 23.9. The monoisotopic (exact) mass is 462 g/mol. The molecule has 0 bridgehead atoms. The van der Waals surface area contributed by atoms with E-state index in [0.29, 0.717) is 18.5 Å². The number of carbonyl (C=O) groups excluding carboxylic acids is 2. The number of aryl methyl sites for hydroxylation is 1. The SMILES string of the molecule is CCOC(=O)C1CCN(S(=O)(=O)c2ccc(F)c(C(=O)Nc3cccc(C)c3C)c2)CC1. The Labute approximate surface area is 187 Å². The van der Waals surface area contributed by atoms with Gasteiger partial charge >= 0.3 is 5.97 Å². The fourth-order valence-corrected chi connectivity index (χ4v) is 5.15. The van der Waals surface area contributed by atoms with Crippen LogP contribution in [0.2, 0.25) is 0 Å². The molecule has 32 heavy (non-hydrogen) atoms. The summed E-state index contributed by atoms with van der Waals surface area (Å²) in [7, 11) is -3.95. The first-order valence-electron chi connectivity index (χ1n) is 10.5. The summed E-state index contributed by atoms with van der Waals surface area (Å²) in [5.74, 6) is -2.20. The summed E-state index contributed by atoms with van der Waals surface area (Å²) in [6.45, 7) is 6.02. The van der Waals surface area contributed by atoms with E-state index in [-0.39, 0.29) is 42.0 Å². The highest BCUT2D eigenvalue weighted by Gasteiger charge is 2.33. The lowest BCUT2D eigenvalue weighted by Gasteiger charge is -2.30. The number of sulfonamides is 1. The summed E-state index contributed by atoms with van der Waals surface area (Å²) in [5, 5.41) is 2.66. The highest BCUT2D eigenvalue weighted by molar-refractivity contribution is 7.89. The van der Waals surface area contributed by atoms with Crippen molar-refractivity contribution in [2.45, 2.75) is 38.5 Å². The van der Waals surface area contributed by atoms with E-state index in [4.69, 9.17) is 4.74 Å². The van der Waals surface area contributed by atoms with Crippen LogP contribution >= 0.6 is 0 Å². The third-order valence-electron chi connectivity index (χ3n) is 5.75. The molecule has 0 aromatic heterocycles. The lowest BCUT2D eigenvalue weighted by Crippen LogP contribution is -2.40. The molecule has 1 heterocycles. The quantitative estimate of drug-likeness (QED) is 0.662. The zero-order valence-corrected chi connectivity index (χ0v) is 19.2. The Kier molecular flexibility index (Phi) is 7.30. The Morgan fingerprint density at radius 3 is 2.50 bits per heavy atom. The van der Waals surface area contributed by atoms with Gasteiger partial charge in [0.2, 0.25) is 10.0 Å². The van der Waals surface area contributed by atoms with Crippen molar-refractivity contribution in [1.29, 1.82) is 0 Å². The number of nitrogens with one attached hydrogen (secondary N) is 1. The molecule has 0 radical (unpaired) electrons. The molecule has 0 unspecified atom stereocenters. The summed E-state index contributed by atoms with van der Waals surface area (Å²) in [6.07, 6.45) is 0.693. The molecule has 1 amide bonds. The van der Waals surface area contributed by atoms with Crippen LogP contribution in [0.1, 0.15) is 41.3 Å². The topological polar surface area (TPSA) is 92.8 Å². The Morgan fingerprint density at radius 2 is 1.84 bits per heavy atom. The van der Waals surface area contributed by atoms with E-state index >= 15 is 0 Å². The maximum Gasteiger partial charge on any atom is 0.309 e. The van der Waals surface area contributed by atoms with Gasteiger partial charge in [-0.2, -0.15) is 4.31 Å². The maximum atomic E-state index is 14.4. The van der Waals surface area contributed by atoms with E-state index in [1.807, 2.05) is 19.9 Å². The molecule has 2 aromatic carbocycles. The van der Waals surface area contributed by atoms with Crippen LogP contribution in [-0.4, -0.2) is 44.3 Å². The largest absolute Gasteiger partial charge is 0.466 e. The molecular formula is C23H27FN2O5S. The van der Waals surface area contributed by atoms with Crippen molar-refractivity contribution in [2.24, 2.45) is 5.92 Å². The first-order chi connectivity index (χ1) is 15.1. The van der Waals surface area contributed by atoms with E-state index in [1.165, 1.54) is 4.31 Å². The molecule has 9 heteroatoms. The second kappa shape index (κ2) is 9.79. The molecule has 0 spiro atoms. The van der Waals surface area contributed by atoms with Gasteiger partial charge in [0.25, 0.3) is 5.91 Å². The maximum absolute atomic E-state index is 14.4. The van der Waals surface area contributed by atoms with Gasteiger partial charge in [-0.1, -0.05) is 12.1 Å². The van der Waals surface area contributed by atoms with Crippen LogP contribution in [0.5, 0.6) is 0 Å². The minimum absolute atomic E-state index is 0.146.